The molecule has 0 saturated heterocycles. The summed E-state index contributed by atoms with van der Waals surface area (Å²) in [5.74, 6) is 1.43. The van der Waals surface area contributed by atoms with Gasteiger partial charge in [0.2, 0.25) is 0 Å². The van der Waals surface area contributed by atoms with E-state index in [1.165, 1.54) is 0 Å². The minimum absolute atomic E-state index is 0.194. The average molecular weight is 383 g/mol. The van der Waals surface area contributed by atoms with Crippen LogP contribution in [0, 0.1) is 5.92 Å². The summed E-state index contributed by atoms with van der Waals surface area (Å²) < 4.78 is 45.5. The number of hydrogen-bond acceptors (Lipinski definition) is 4. The zero-order valence-electron chi connectivity index (χ0n) is 15.2. The Bertz CT molecular complexity index is 734. The van der Waals surface area contributed by atoms with Crippen molar-refractivity contribution in [3.05, 3.63) is 48.0 Å². The third-order valence-electron chi connectivity index (χ3n) is 4.66. The highest BCUT2D eigenvalue weighted by Crippen LogP contribution is 2.30. The number of benzene rings is 1. The number of aliphatic hydroxyl groups is 1. The van der Waals surface area contributed by atoms with E-state index in [0.29, 0.717) is 37.6 Å². The van der Waals surface area contributed by atoms with Crippen LogP contribution in [-0.4, -0.2) is 52.4 Å². The van der Waals surface area contributed by atoms with Crippen molar-refractivity contribution >= 4 is 0 Å². The van der Waals surface area contributed by atoms with E-state index in [1.54, 1.807) is 4.57 Å². The molecule has 1 aromatic heterocycles. The van der Waals surface area contributed by atoms with Crippen molar-refractivity contribution in [1.82, 2.24) is 14.5 Å². The topological polar surface area (TPSA) is 50.5 Å². The number of halogens is 3. The quantitative estimate of drug-likeness (QED) is 0.799. The van der Waals surface area contributed by atoms with Gasteiger partial charge in [0.25, 0.3) is 0 Å². The molecule has 0 radical (unpaired) electrons. The number of alkyl halides is 3. The maximum absolute atomic E-state index is 12.8. The summed E-state index contributed by atoms with van der Waals surface area (Å²) in [7, 11) is 1.90. The number of likely N-dealkylation sites (N-methyl/N-ethyl adjacent to an activating group) is 1. The number of rotatable bonds is 7. The van der Waals surface area contributed by atoms with Gasteiger partial charge in [-0.2, -0.15) is 13.2 Å². The van der Waals surface area contributed by atoms with Gasteiger partial charge in [-0.05, 0) is 31.5 Å². The molecule has 0 saturated carbocycles. The fourth-order valence-corrected chi connectivity index (χ4v) is 3.44. The summed E-state index contributed by atoms with van der Waals surface area (Å²) in [6.07, 6.45) is -2.62. The van der Waals surface area contributed by atoms with Crippen LogP contribution in [0.4, 0.5) is 13.2 Å². The van der Waals surface area contributed by atoms with Gasteiger partial charge in [0.15, 0.2) is 5.69 Å². The molecular formula is C19H24F3N3O2. The lowest BCUT2D eigenvalue weighted by Gasteiger charge is -2.29. The number of aromatic nitrogens is 2. The maximum Gasteiger partial charge on any atom is 0.434 e. The summed E-state index contributed by atoms with van der Waals surface area (Å²) in [4.78, 5) is 5.70. The van der Waals surface area contributed by atoms with Crippen molar-refractivity contribution in [2.24, 2.45) is 5.92 Å². The Kier molecular flexibility index (Phi) is 6.06. The molecule has 3 rings (SSSR count). The van der Waals surface area contributed by atoms with Crippen LogP contribution in [-0.2, 0) is 19.1 Å². The van der Waals surface area contributed by atoms with Crippen LogP contribution < -0.4 is 4.74 Å². The van der Waals surface area contributed by atoms with Crippen LogP contribution in [0.5, 0.6) is 5.75 Å². The summed E-state index contributed by atoms with van der Waals surface area (Å²) in [6.45, 7) is 1.84. The second-order valence-electron chi connectivity index (χ2n) is 7.10. The summed E-state index contributed by atoms with van der Waals surface area (Å²) in [6, 6.07) is 9.29. The average Bonchev–Trinajstić information content (AvgIpc) is 3.04. The largest absolute Gasteiger partial charge is 0.491 e. The van der Waals surface area contributed by atoms with Crippen LogP contribution in [0.25, 0.3) is 0 Å². The van der Waals surface area contributed by atoms with Gasteiger partial charge >= 0.3 is 6.18 Å². The molecule has 1 aliphatic heterocycles. The number of nitrogens with zero attached hydrogens (tertiary/aromatic N) is 3. The lowest BCUT2D eigenvalue weighted by atomic mass is 9.99. The summed E-state index contributed by atoms with van der Waals surface area (Å²) in [5, 5.41) is 10.2. The highest BCUT2D eigenvalue weighted by molar-refractivity contribution is 5.20. The number of imidazole rings is 1. The first kappa shape index (κ1) is 19.7. The van der Waals surface area contributed by atoms with Crippen LogP contribution in [0.2, 0.25) is 0 Å². The molecule has 0 bridgehead atoms. The molecule has 0 aliphatic carbocycles. The predicted molar refractivity (Wildman–Crippen MR) is 94.5 cm³/mol. The molecule has 1 aromatic carbocycles. The molecule has 2 atom stereocenters. The number of aliphatic hydroxyl groups excluding tert-OH is 1. The van der Waals surface area contributed by atoms with Gasteiger partial charge < -0.3 is 19.3 Å². The van der Waals surface area contributed by atoms with Gasteiger partial charge in [-0.25, -0.2) is 4.98 Å². The number of hydrogen-bond donors (Lipinski definition) is 1. The molecule has 1 aliphatic rings. The first-order chi connectivity index (χ1) is 12.8. The Morgan fingerprint density at radius 1 is 1.33 bits per heavy atom. The molecule has 1 N–H and O–H groups in total. The van der Waals surface area contributed by atoms with Gasteiger partial charge in [0.1, 0.15) is 24.3 Å². The zero-order chi connectivity index (χ0) is 19.4. The molecule has 0 fully saturated rings. The molecule has 0 spiro atoms. The van der Waals surface area contributed by atoms with Crippen molar-refractivity contribution in [3.63, 3.8) is 0 Å². The van der Waals surface area contributed by atoms with Crippen molar-refractivity contribution in [1.29, 1.82) is 0 Å². The molecule has 5 nitrogen and oxygen atoms in total. The van der Waals surface area contributed by atoms with Gasteiger partial charge in [0, 0.05) is 32.3 Å². The first-order valence-electron chi connectivity index (χ1n) is 8.99. The SMILES string of the molecule is CN(C[C@H](O)COc1ccccc1)C[C@H]1CCc2nc(C(F)(F)F)cn2C1. The van der Waals surface area contributed by atoms with E-state index in [0.717, 1.165) is 12.6 Å². The van der Waals surface area contributed by atoms with E-state index in [9.17, 15) is 18.3 Å². The molecule has 27 heavy (non-hydrogen) atoms. The van der Waals surface area contributed by atoms with Crippen LogP contribution in [0.1, 0.15) is 17.9 Å². The van der Waals surface area contributed by atoms with Crippen LogP contribution in [0.15, 0.2) is 36.5 Å². The first-order valence-corrected chi connectivity index (χ1v) is 8.99. The van der Waals surface area contributed by atoms with E-state index in [-0.39, 0.29) is 12.5 Å². The number of ether oxygens (including phenoxy) is 1. The second kappa shape index (κ2) is 8.31. The van der Waals surface area contributed by atoms with Crippen LogP contribution in [0.3, 0.4) is 0 Å². The molecule has 148 valence electrons. The molecule has 0 amide bonds. The van der Waals surface area contributed by atoms with E-state index in [1.807, 2.05) is 42.3 Å². The third-order valence-corrected chi connectivity index (χ3v) is 4.66. The highest BCUT2D eigenvalue weighted by atomic mass is 19.4. The van der Waals surface area contributed by atoms with E-state index in [4.69, 9.17) is 4.74 Å². The van der Waals surface area contributed by atoms with E-state index < -0.39 is 18.0 Å². The van der Waals surface area contributed by atoms with Gasteiger partial charge in [0.05, 0.1) is 0 Å². The van der Waals surface area contributed by atoms with Crippen molar-refractivity contribution in [2.45, 2.75) is 31.7 Å². The fraction of sp³-hybridized carbons (Fsp3) is 0.526. The minimum atomic E-state index is -4.40. The number of fused-ring (bicyclic) bond motifs is 1. The van der Waals surface area contributed by atoms with Crippen molar-refractivity contribution < 1.29 is 23.0 Å². The number of para-hydroxylation sites is 1. The lowest BCUT2D eigenvalue weighted by molar-refractivity contribution is -0.141. The Hall–Kier alpha value is -2.06. The minimum Gasteiger partial charge on any atom is -0.491 e. The predicted octanol–water partition coefficient (Wildman–Crippen LogP) is 2.84. The molecular weight excluding hydrogens is 359 g/mol. The molecule has 2 aromatic rings. The van der Waals surface area contributed by atoms with Gasteiger partial charge in [-0.15, -0.1) is 0 Å². The Labute approximate surface area is 156 Å². The van der Waals surface area contributed by atoms with E-state index in [2.05, 4.69) is 4.98 Å². The van der Waals surface area contributed by atoms with Crippen molar-refractivity contribution in [2.75, 3.05) is 26.7 Å². The molecule has 8 heteroatoms. The summed E-state index contributed by atoms with van der Waals surface area (Å²) >= 11 is 0. The maximum atomic E-state index is 12.8. The third kappa shape index (κ3) is 5.46. The lowest BCUT2D eigenvalue weighted by Crippen LogP contribution is -2.38. The Morgan fingerprint density at radius 3 is 2.78 bits per heavy atom. The second-order valence-corrected chi connectivity index (χ2v) is 7.10. The van der Waals surface area contributed by atoms with Gasteiger partial charge in [-0.1, -0.05) is 18.2 Å². The fourth-order valence-electron chi connectivity index (χ4n) is 3.44. The Morgan fingerprint density at radius 2 is 2.07 bits per heavy atom. The highest BCUT2D eigenvalue weighted by Gasteiger charge is 2.35. The summed E-state index contributed by atoms with van der Waals surface area (Å²) in [5.41, 5.74) is -0.819. The smallest absolute Gasteiger partial charge is 0.434 e. The van der Waals surface area contributed by atoms with Crippen molar-refractivity contribution in [3.8, 4) is 5.75 Å². The standard InChI is InChI=1S/C19H24F3N3O2/c1-24(11-15(26)13-27-16-5-3-2-4-6-16)9-14-7-8-18-23-17(19(20,21)22)12-25(18)10-14/h2-6,12,14-15,26H,7-11,13H2,1H3/t14-,15+/m1/s1. The Balaban J connectivity index is 1.45. The molecule has 0 unspecified atom stereocenters. The van der Waals surface area contributed by atoms with E-state index >= 15 is 0 Å². The van der Waals surface area contributed by atoms with Crippen LogP contribution >= 0.6 is 0 Å². The molecule has 2 heterocycles. The van der Waals surface area contributed by atoms with Gasteiger partial charge in [-0.3, -0.25) is 0 Å². The normalized spacial score (nSPS) is 18.4. The monoisotopic (exact) mass is 383 g/mol. The number of aryl methyl sites for hydroxylation is 1. The zero-order valence-corrected chi connectivity index (χ0v) is 15.2.